The molecule has 1 aromatic rings. The summed E-state index contributed by atoms with van der Waals surface area (Å²) in [6, 6.07) is 0. The third kappa shape index (κ3) is 2.46. The Morgan fingerprint density at radius 1 is 1.56 bits per heavy atom. The van der Waals surface area contributed by atoms with Gasteiger partial charge in [0.25, 0.3) is 0 Å². The lowest BCUT2D eigenvalue weighted by Crippen LogP contribution is -2.37. The van der Waals surface area contributed by atoms with Gasteiger partial charge in [-0.15, -0.1) is 0 Å². The van der Waals surface area contributed by atoms with Crippen LogP contribution >= 0.6 is 0 Å². The molecular weight excluding hydrogens is 234 g/mol. The van der Waals surface area contributed by atoms with E-state index in [1.54, 1.807) is 7.11 Å². The van der Waals surface area contributed by atoms with Crippen molar-refractivity contribution in [1.82, 2.24) is 9.97 Å². The van der Waals surface area contributed by atoms with Gasteiger partial charge in [0.05, 0.1) is 13.2 Å². The molecule has 0 saturated heterocycles. The molecule has 1 aliphatic carbocycles. The van der Waals surface area contributed by atoms with Gasteiger partial charge in [0.15, 0.2) is 11.6 Å². The van der Waals surface area contributed by atoms with Gasteiger partial charge in [-0.1, -0.05) is 0 Å². The van der Waals surface area contributed by atoms with E-state index in [-0.39, 0.29) is 6.10 Å². The minimum absolute atomic E-state index is 0.142. The van der Waals surface area contributed by atoms with Crippen LogP contribution in [-0.2, 0) is 0 Å². The van der Waals surface area contributed by atoms with Crippen LogP contribution in [0.3, 0.4) is 0 Å². The van der Waals surface area contributed by atoms with E-state index in [9.17, 15) is 5.11 Å². The van der Waals surface area contributed by atoms with E-state index in [1.807, 2.05) is 11.9 Å². The summed E-state index contributed by atoms with van der Waals surface area (Å²) < 4.78 is 5.28. The Balaban J connectivity index is 2.11. The lowest BCUT2D eigenvalue weighted by Gasteiger charge is -2.35. The molecule has 0 aliphatic heterocycles. The van der Waals surface area contributed by atoms with Crippen LogP contribution in [0.5, 0.6) is 5.75 Å². The number of hydrogen-bond donors (Lipinski definition) is 3. The highest BCUT2D eigenvalue weighted by molar-refractivity contribution is 5.64. The second-order valence-electron chi connectivity index (χ2n) is 4.60. The fourth-order valence-electron chi connectivity index (χ4n) is 2.25. The van der Waals surface area contributed by atoms with Crippen LogP contribution in [0.4, 0.5) is 11.6 Å². The highest BCUT2D eigenvalue weighted by Gasteiger charge is 2.29. The van der Waals surface area contributed by atoms with Crippen molar-refractivity contribution in [3.63, 3.8) is 0 Å². The molecule has 1 fully saturated rings. The largest absolute Gasteiger partial charge is 0.490 e. The van der Waals surface area contributed by atoms with Crippen LogP contribution in [0.1, 0.15) is 12.8 Å². The lowest BCUT2D eigenvalue weighted by atomic mass is 9.82. The van der Waals surface area contributed by atoms with Crippen LogP contribution in [-0.4, -0.2) is 41.9 Å². The molecule has 7 heteroatoms. The van der Waals surface area contributed by atoms with Gasteiger partial charge in [0.1, 0.15) is 6.33 Å². The Hall–Kier alpha value is -1.60. The Labute approximate surface area is 106 Å². The molecule has 0 bridgehead atoms. The van der Waals surface area contributed by atoms with Gasteiger partial charge in [-0.2, -0.15) is 0 Å². The summed E-state index contributed by atoms with van der Waals surface area (Å²) in [4.78, 5) is 10.2. The van der Waals surface area contributed by atoms with Crippen LogP contribution < -0.4 is 20.9 Å². The maximum atomic E-state index is 9.29. The van der Waals surface area contributed by atoms with E-state index in [2.05, 4.69) is 15.4 Å². The van der Waals surface area contributed by atoms with E-state index < -0.39 is 0 Å². The molecule has 0 aromatic carbocycles. The predicted molar refractivity (Wildman–Crippen MR) is 68.4 cm³/mol. The minimum Gasteiger partial charge on any atom is -0.490 e. The van der Waals surface area contributed by atoms with Crippen molar-refractivity contribution < 1.29 is 9.84 Å². The van der Waals surface area contributed by atoms with Gasteiger partial charge in [-0.25, -0.2) is 15.8 Å². The van der Waals surface area contributed by atoms with Gasteiger partial charge >= 0.3 is 0 Å². The zero-order chi connectivity index (χ0) is 13.1. The van der Waals surface area contributed by atoms with Gasteiger partial charge in [-0.05, 0) is 18.8 Å². The third-order valence-electron chi connectivity index (χ3n) is 3.23. The molecule has 2 rings (SSSR count). The molecule has 18 heavy (non-hydrogen) atoms. The van der Waals surface area contributed by atoms with Gasteiger partial charge in [-0.3, -0.25) is 0 Å². The lowest BCUT2D eigenvalue weighted by molar-refractivity contribution is 0.0464. The average Bonchev–Trinajstić information content (AvgIpc) is 2.35. The van der Waals surface area contributed by atoms with E-state index >= 15 is 0 Å². The van der Waals surface area contributed by atoms with Crippen LogP contribution in [0.15, 0.2) is 6.33 Å². The zero-order valence-corrected chi connectivity index (χ0v) is 10.6. The highest BCUT2D eigenvalue weighted by atomic mass is 16.5. The Kier molecular flexibility index (Phi) is 3.83. The number of nitrogens with one attached hydrogen (secondary N) is 1. The summed E-state index contributed by atoms with van der Waals surface area (Å²) in [5.74, 6) is 7.57. The first kappa shape index (κ1) is 12.8. The van der Waals surface area contributed by atoms with Crippen molar-refractivity contribution in [3.8, 4) is 5.75 Å². The van der Waals surface area contributed by atoms with Crippen LogP contribution in [0.2, 0.25) is 0 Å². The van der Waals surface area contributed by atoms with E-state index in [4.69, 9.17) is 10.6 Å². The molecule has 1 heterocycles. The molecule has 0 atom stereocenters. The maximum absolute atomic E-state index is 9.29. The van der Waals surface area contributed by atoms with Crippen molar-refractivity contribution in [3.05, 3.63) is 6.33 Å². The first-order valence-electron chi connectivity index (χ1n) is 5.90. The number of nitrogen functional groups attached to an aromatic ring is 1. The summed E-state index contributed by atoms with van der Waals surface area (Å²) in [6.45, 7) is 0.828. The molecule has 1 saturated carbocycles. The number of hydrogen-bond acceptors (Lipinski definition) is 7. The van der Waals surface area contributed by atoms with Crippen molar-refractivity contribution in [2.75, 3.05) is 31.0 Å². The summed E-state index contributed by atoms with van der Waals surface area (Å²) >= 11 is 0. The van der Waals surface area contributed by atoms with E-state index in [1.165, 1.54) is 6.33 Å². The quantitative estimate of drug-likeness (QED) is 0.501. The van der Waals surface area contributed by atoms with Crippen molar-refractivity contribution >= 4 is 11.6 Å². The summed E-state index contributed by atoms with van der Waals surface area (Å²) in [5.41, 5.74) is 2.49. The zero-order valence-electron chi connectivity index (χ0n) is 10.6. The number of hydrazine groups is 1. The number of rotatable bonds is 5. The first-order valence-corrected chi connectivity index (χ1v) is 5.90. The number of aliphatic hydroxyl groups excluding tert-OH is 1. The van der Waals surface area contributed by atoms with Gasteiger partial charge in [0, 0.05) is 13.6 Å². The van der Waals surface area contributed by atoms with E-state index in [0.29, 0.717) is 23.3 Å². The fraction of sp³-hybridized carbons (Fsp3) is 0.636. The van der Waals surface area contributed by atoms with Crippen molar-refractivity contribution in [2.24, 2.45) is 11.8 Å². The average molecular weight is 253 g/mol. The van der Waals surface area contributed by atoms with Crippen LogP contribution in [0, 0.1) is 5.92 Å². The Bertz CT molecular complexity index is 408. The predicted octanol–water partition coefficient (Wildman–Crippen LogP) is -0.0221. The monoisotopic (exact) mass is 253 g/mol. The smallest absolute Gasteiger partial charge is 0.205 e. The maximum Gasteiger partial charge on any atom is 0.205 e. The molecule has 0 amide bonds. The summed E-state index contributed by atoms with van der Waals surface area (Å²) in [7, 11) is 3.50. The Morgan fingerprint density at radius 3 is 2.83 bits per heavy atom. The topological polar surface area (TPSA) is 96.5 Å². The molecule has 100 valence electrons. The van der Waals surface area contributed by atoms with Gasteiger partial charge < -0.3 is 20.2 Å². The van der Waals surface area contributed by atoms with Crippen LogP contribution in [0.25, 0.3) is 0 Å². The Morgan fingerprint density at radius 2 is 2.28 bits per heavy atom. The number of nitrogens with zero attached hydrogens (tertiary/aromatic N) is 3. The minimum atomic E-state index is -0.142. The molecule has 1 aliphatic rings. The number of aromatic nitrogens is 2. The summed E-state index contributed by atoms with van der Waals surface area (Å²) in [5, 5.41) is 9.29. The van der Waals surface area contributed by atoms with Crippen molar-refractivity contribution in [2.45, 2.75) is 18.9 Å². The molecular formula is C11H19N5O2. The third-order valence-corrected chi connectivity index (χ3v) is 3.23. The highest BCUT2D eigenvalue weighted by Crippen LogP contribution is 2.33. The molecule has 0 unspecified atom stereocenters. The molecule has 7 nitrogen and oxygen atoms in total. The molecule has 1 aromatic heterocycles. The number of ether oxygens (including phenoxy) is 1. The number of nitrogens with two attached hydrogens (primary N) is 1. The second kappa shape index (κ2) is 5.36. The SMILES string of the molecule is COc1c(NN)ncnc1N(C)CC1CC(O)C1. The number of methoxy groups -OCH3 is 1. The fourth-order valence-corrected chi connectivity index (χ4v) is 2.25. The number of aliphatic hydroxyl groups is 1. The molecule has 4 N–H and O–H groups in total. The first-order chi connectivity index (χ1) is 8.65. The van der Waals surface area contributed by atoms with E-state index in [0.717, 1.165) is 19.4 Å². The van der Waals surface area contributed by atoms with Gasteiger partial charge in [0.2, 0.25) is 5.75 Å². The summed E-state index contributed by atoms with van der Waals surface area (Å²) in [6.07, 6.45) is 3.00. The standard InChI is InChI=1S/C11H19N5O2/c1-16(5-7-3-8(17)4-7)11-9(18-2)10(15-12)13-6-14-11/h6-8,17H,3-5,12H2,1-2H3,(H,13,14,15). The van der Waals surface area contributed by atoms with Crippen molar-refractivity contribution in [1.29, 1.82) is 0 Å². The normalized spacial score (nSPS) is 22.2. The molecule has 0 spiro atoms. The number of anilines is 2. The second-order valence-corrected chi connectivity index (χ2v) is 4.60. The molecule has 0 radical (unpaired) electrons.